The lowest BCUT2D eigenvalue weighted by atomic mass is 9.94. The van der Waals surface area contributed by atoms with Gasteiger partial charge in [0, 0.05) is 23.0 Å². The summed E-state index contributed by atoms with van der Waals surface area (Å²) < 4.78 is 13.9. The average Bonchev–Trinajstić information content (AvgIpc) is 2.74. The van der Waals surface area contributed by atoms with Crippen molar-refractivity contribution in [1.29, 1.82) is 0 Å². The van der Waals surface area contributed by atoms with Crippen LogP contribution < -0.4 is 5.32 Å². The van der Waals surface area contributed by atoms with Crippen LogP contribution in [0.5, 0.6) is 0 Å². The number of benzene rings is 2. The number of halogens is 2. The van der Waals surface area contributed by atoms with Crippen LogP contribution >= 0.6 is 23.4 Å². The summed E-state index contributed by atoms with van der Waals surface area (Å²) in [4.78, 5) is 27.8. The first kappa shape index (κ1) is 21.7. The van der Waals surface area contributed by atoms with E-state index in [2.05, 4.69) is 5.32 Å². The lowest BCUT2D eigenvalue weighted by Gasteiger charge is -2.31. The van der Waals surface area contributed by atoms with Crippen LogP contribution in [0.1, 0.15) is 42.5 Å². The van der Waals surface area contributed by atoms with Gasteiger partial charge in [0.25, 0.3) is 5.91 Å². The minimum Gasteiger partial charge on any atom is -0.342 e. The summed E-state index contributed by atoms with van der Waals surface area (Å²) in [6.07, 6.45) is 5.67. The third-order valence-corrected chi connectivity index (χ3v) is 6.47. The van der Waals surface area contributed by atoms with Crippen LogP contribution in [0, 0.1) is 5.82 Å². The summed E-state index contributed by atoms with van der Waals surface area (Å²) in [7, 11) is 1.86. The van der Waals surface area contributed by atoms with Crippen LogP contribution in [0.25, 0.3) is 0 Å². The predicted molar refractivity (Wildman–Crippen MR) is 116 cm³/mol. The second-order valence-electron chi connectivity index (χ2n) is 7.16. The summed E-state index contributed by atoms with van der Waals surface area (Å²) in [6, 6.07) is 11.3. The lowest BCUT2D eigenvalue weighted by Crippen LogP contribution is -2.39. The monoisotopic (exact) mass is 434 g/mol. The van der Waals surface area contributed by atoms with Crippen molar-refractivity contribution in [2.24, 2.45) is 0 Å². The van der Waals surface area contributed by atoms with Crippen LogP contribution in [0.4, 0.5) is 10.1 Å². The van der Waals surface area contributed by atoms with Gasteiger partial charge < -0.3 is 10.2 Å². The number of rotatable bonds is 6. The highest BCUT2D eigenvalue weighted by molar-refractivity contribution is 8.00. The predicted octanol–water partition coefficient (Wildman–Crippen LogP) is 5.61. The maximum absolute atomic E-state index is 13.9. The fourth-order valence-corrected chi connectivity index (χ4v) is 4.62. The first-order valence-electron chi connectivity index (χ1n) is 9.69. The smallest absolute Gasteiger partial charge is 0.256 e. The van der Waals surface area contributed by atoms with Gasteiger partial charge in [0.05, 0.1) is 17.0 Å². The van der Waals surface area contributed by atoms with Gasteiger partial charge in [-0.15, -0.1) is 11.8 Å². The molecule has 1 saturated carbocycles. The Morgan fingerprint density at radius 1 is 1.17 bits per heavy atom. The van der Waals surface area contributed by atoms with E-state index in [1.807, 2.05) is 18.0 Å². The van der Waals surface area contributed by atoms with E-state index in [-0.39, 0.29) is 17.3 Å². The van der Waals surface area contributed by atoms with Crippen LogP contribution in [0.15, 0.2) is 47.4 Å². The molecule has 0 saturated heterocycles. The molecule has 2 amide bonds. The Kier molecular flexibility index (Phi) is 7.56. The molecule has 4 nitrogen and oxygen atoms in total. The molecule has 0 heterocycles. The normalized spacial score (nSPS) is 14.4. The van der Waals surface area contributed by atoms with Crippen molar-refractivity contribution >= 4 is 40.9 Å². The molecule has 1 fully saturated rings. The van der Waals surface area contributed by atoms with E-state index in [1.54, 1.807) is 18.2 Å². The van der Waals surface area contributed by atoms with Crippen molar-refractivity contribution in [3.8, 4) is 0 Å². The number of thioether (sulfide) groups is 1. The van der Waals surface area contributed by atoms with Crippen molar-refractivity contribution in [2.75, 3.05) is 18.1 Å². The molecular weight excluding hydrogens is 411 g/mol. The first-order valence-corrected chi connectivity index (χ1v) is 11.1. The molecule has 1 N–H and O–H groups in total. The van der Waals surface area contributed by atoms with E-state index in [0.29, 0.717) is 21.5 Å². The van der Waals surface area contributed by atoms with E-state index in [0.717, 1.165) is 12.8 Å². The minimum absolute atomic E-state index is 0.0235. The molecule has 154 valence electrons. The number of hydrogen-bond acceptors (Lipinski definition) is 3. The fraction of sp³-hybridized carbons (Fsp3) is 0.364. The van der Waals surface area contributed by atoms with Crippen LogP contribution in [-0.2, 0) is 4.79 Å². The second kappa shape index (κ2) is 10.1. The van der Waals surface area contributed by atoms with Crippen LogP contribution in [0.2, 0.25) is 5.02 Å². The molecule has 1 aliphatic rings. The minimum atomic E-state index is -0.558. The summed E-state index contributed by atoms with van der Waals surface area (Å²) in [5.41, 5.74) is 0.417. The van der Waals surface area contributed by atoms with Gasteiger partial charge in [0.2, 0.25) is 5.91 Å². The number of nitrogens with zero attached hydrogens (tertiary/aromatic N) is 1. The molecule has 1 aliphatic carbocycles. The number of anilines is 1. The molecule has 29 heavy (non-hydrogen) atoms. The summed E-state index contributed by atoms with van der Waals surface area (Å²) in [6.45, 7) is 0. The van der Waals surface area contributed by atoms with Gasteiger partial charge in [-0.05, 0) is 43.2 Å². The molecule has 0 bridgehead atoms. The fourth-order valence-electron chi connectivity index (χ4n) is 3.48. The van der Waals surface area contributed by atoms with Gasteiger partial charge in [-0.3, -0.25) is 9.59 Å². The van der Waals surface area contributed by atoms with E-state index in [1.165, 1.54) is 49.2 Å². The largest absolute Gasteiger partial charge is 0.342 e. The molecule has 2 aromatic carbocycles. The molecule has 7 heteroatoms. The number of amides is 2. The third kappa shape index (κ3) is 5.73. The molecule has 0 atom stereocenters. The van der Waals surface area contributed by atoms with Gasteiger partial charge in [0.15, 0.2) is 0 Å². The molecule has 0 spiro atoms. The highest BCUT2D eigenvalue weighted by Gasteiger charge is 2.22. The Morgan fingerprint density at radius 2 is 1.90 bits per heavy atom. The van der Waals surface area contributed by atoms with Crippen LogP contribution in [0.3, 0.4) is 0 Å². The van der Waals surface area contributed by atoms with E-state index >= 15 is 0 Å². The third-order valence-electron chi connectivity index (χ3n) is 5.18. The molecule has 2 aromatic rings. The number of hydrogen-bond donors (Lipinski definition) is 1. The Labute approximate surface area is 179 Å². The van der Waals surface area contributed by atoms with Crippen molar-refractivity contribution in [2.45, 2.75) is 43.0 Å². The lowest BCUT2D eigenvalue weighted by molar-refractivity contribution is -0.129. The van der Waals surface area contributed by atoms with Gasteiger partial charge in [-0.1, -0.05) is 43.0 Å². The Morgan fingerprint density at radius 3 is 2.66 bits per heavy atom. The molecule has 3 rings (SSSR count). The summed E-state index contributed by atoms with van der Waals surface area (Å²) in [5.74, 6) is -0.694. The Balaban J connectivity index is 1.66. The Bertz CT molecular complexity index is 887. The van der Waals surface area contributed by atoms with Crippen molar-refractivity contribution in [3.05, 3.63) is 58.9 Å². The average molecular weight is 435 g/mol. The molecule has 0 unspecified atom stereocenters. The molecule has 0 radical (unpaired) electrons. The first-order chi connectivity index (χ1) is 14.0. The van der Waals surface area contributed by atoms with E-state index in [9.17, 15) is 14.0 Å². The number of nitrogens with one attached hydrogen (secondary N) is 1. The number of carbonyl (C=O) groups is 2. The standard InChI is InChI=1S/C22H24ClFN2O2S/c1-26(16-7-3-2-4-8-16)21(27)14-29-20-10-6-5-9-17(20)22(28)25-19-13-15(23)11-12-18(19)24/h5-6,9-13,16H,2-4,7-8,14H2,1H3,(H,25,28). The van der Waals surface area contributed by atoms with E-state index in [4.69, 9.17) is 11.6 Å². The summed E-state index contributed by atoms with van der Waals surface area (Å²) in [5, 5.41) is 2.90. The highest BCUT2D eigenvalue weighted by atomic mass is 35.5. The van der Waals surface area contributed by atoms with E-state index < -0.39 is 11.7 Å². The van der Waals surface area contributed by atoms with Gasteiger partial charge in [0.1, 0.15) is 5.82 Å². The van der Waals surface area contributed by atoms with Crippen molar-refractivity contribution < 1.29 is 14.0 Å². The summed E-state index contributed by atoms with van der Waals surface area (Å²) >= 11 is 7.21. The maximum atomic E-state index is 13.9. The van der Waals surface area contributed by atoms with Crippen molar-refractivity contribution in [3.63, 3.8) is 0 Å². The maximum Gasteiger partial charge on any atom is 0.256 e. The quantitative estimate of drug-likeness (QED) is 0.600. The molecule has 0 aliphatic heterocycles. The SMILES string of the molecule is CN(C(=O)CSc1ccccc1C(=O)Nc1cc(Cl)ccc1F)C1CCCCC1. The number of carbonyl (C=O) groups excluding carboxylic acids is 2. The van der Waals surface area contributed by atoms with Gasteiger partial charge >= 0.3 is 0 Å². The topological polar surface area (TPSA) is 49.4 Å². The van der Waals surface area contributed by atoms with Crippen LogP contribution in [-0.4, -0.2) is 35.6 Å². The van der Waals surface area contributed by atoms with Crippen molar-refractivity contribution in [1.82, 2.24) is 4.90 Å². The molecular formula is C22H24ClFN2O2S. The zero-order chi connectivity index (χ0) is 20.8. The Hall–Kier alpha value is -2.05. The second-order valence-corrected chi connectivity index (χ2v) is 8.61. The zero-order valence-electron chi connectivity index (χ0n) is 16.3. The highest BCUT2D eigenvalue weighted by Crippen LogP contribution is 2.27. The van der Waals surface area contributed by atoms with Gasteiger partial charge in [-0.25, -0.2) is 4.39 Å². The zero-order valence-corrected chi connectivity index (χ0v) is 17.9. The van der Waals surface area contributed by atoms with Gasteiger partial charge in [-0.2, -0.15) is 0 Å². The molecule has 0 aromatic heterocycles.